The van der Waals surface area contributed by atoms with E-state index >= 15 is 0 Å². The van der Waals surface area contributed by atoms with Crippen LogP contribution in [0.1, 0.15) is 43.7 Å². The third-order valence-electron chi connectivity index (χ3n) is 7.23. The molecule has 1 aliphatic rings. The van der Waals surface area contributed by atoms with Gasteiger partial charge in [-0.3, -0.25) is 13.9 Å². The van der Waals surface area contributed by atoms with Crippen LogP contribution >= 0.6 is 34.8 Å². The van der Waals surface area contributed by atoms with Gasteiger partial charge in [-0.15, -0.1) is 0 Å². The van der Waals surface area contributed by atoms with Crippen LogP contribution < -0.4 is 9.62 Å². The molecule has 1 atom stereocenters. The van der Waals surface area contributed by atoms with Gasteiger partial charge in [0.2, 0.25) is 11.8 Å². The van der Waals surface area contributed by atoms with Gasteiger partial charge in [0.25, 0.3) is 10.0 Å². The summed E-state index contributed by atoms with van der Waals surface area (Å²) < 4.78 is 28.8. The van der Waals surface area contributed by atoms with Gasteiger partial charge in [0.15, 0.2) is 0 Å². The number of aryl methyl sites for hydroxylation is 1. The summed E-state index contributed by atoms with van der Waals surface area (Å²) in [6.45, 7) is 2.96. The van der Waals surface area contributed by atoms with Crippen LogP contribution in [0, 0.1) is 6.92 Å². The maximum atomic E-state index is 14.0. The number of benzene rings is 3. The first-order valence-corrected chi connectivity index (χ1v) is 15.9. The van der Waals surface area contributed by atoms with Crippen LogP contribution in [-0.4, -0.2) is 43.8 Å². The van der Waals surface area contributed by atoms with Crippen molar-refractivity contribution in [2.24, 2.45) is 0 Å². The van der Waals surface area contributed by atoms with E-state index in [9.17, 15) is 18.0 Å². The van der Waals surface area contributed by atoms with Crippen LogP contribution in [0.5, 0.6) is 0 Å². The zero-order valence-corrected chi connectivity index (χ0v) is 25.9. The molecule has 1 aliphatic carbocycles. The molecule has 7 nitrogen and oxygen atoms in total. The molecule has 1 saturated carbocycles. The minimum atomic E-state index is -4.18. The van der Waals surface area contributed by atoms with Gasteiger partial charge in [-0.25, -0.2) is 8.42 Å². The van der Waals surface area contributed by atoms with Crippen LogP contribution in [0.25, 0.3) is 0 Å². The number of carbonyl (C=O) groups is 2. The predicted octanol–water partition coefficient (Wildman–Crippen LogP) is 6.63. The maximum absolute atomic E-state index is 14.0. The Morgan fingerprint density at radius 2 is 1.54 bits per heavy atom. The zero-order chi connectivity index (χ0) is 29.7. The highest BCUT2D eigenvalue weighted by molar-refractivity contribution is 7.92. The number of amides is 2. The molecule has 0 aromatic heterocycles. The molecule has 218 valence electrons. The molecule has 3 aromatic rings. The average Bonchev–Trinajstić information content (AvgIpc) is 3.44. The van der Waals surface area contributed by atoms with Gasteiger partial charge in [0.05, 0.1) is 10.6 Å². The lowest BCUT2D eigenvalue weighted by atomic mass is 10.1. The summed E-state index contributed by atoms with van der Waals surface area (Å²) in [5, 5.41) is 4.20. The number of carbonyl (C=O) groups excluding carboxylic acids is 2. The fourth-order valence-corrected chi connectivity index (χ4v) is 6.79. The number of sulfonamides is 1. The smallest absolute Gasteiger partial charge is 0.264 e. The van der Waals surface area contributed by atoms with E-state index in [1.54, 1.807) is 49.4 Å². The molecule has 0 aliphatic heterocycles. The Morgan fingerprint density at radius 1 is 0.927 bits per heavy atom. The average molecular weight is 637 g/mol. The molecule has 1 fully saturated rings. The summed E-state index contributed by atoms with van der Waals surface area (Å²) in [5.74, 6) is -0.874. The minimum Gasteiger partial charge on any atom is -0.352 e. The highest BCUT2D eigenvalue weighted by Crippen LogP contribution is 2.27. The lowest BCUT2D eigenvalue weighted by molar-refractivity contribution is -0.139. The Kier molecular flexibility index (Phi) is 10.2. The third-order valence-corrected chi connectivity index (χ3v) is 9.85. The maximum Gasteiger partial charge on any atom is 0.264 e. The Hall–Kier alpha value is -2.78. The Morgan fingerprint density at radius 3 is 2.15 bits per heavy atom. The number of hydrogen-bond acceptors (Lipinski definition) is 4. The lowest BCUT2D eigenvalue weighted by Crippen LogP contribution is -2.52. The lowest BCUT2D eigenvalue weighted by Gasteiger charge is -2.32. The van der Waals surface area contributed by atoms with E-state index in [1.165, 1.54) is 29.2 Å². The van der Waals surface area contributed by atoms with Gasteiger partial charge in [-0.05, 0) is 80.8 Å². The van der Waals surface area contributed by atoms with Gasteiger partial charge in [0.1, 0.15) is 12.6 Å². The quantitative estimate of drug-likeness (QED) is 0.271. The normalized spacial score (nSPS) is 14.5. The topological polar surface area (TPSA) is 86.8 Å². The molecular formula is C30H32Cl3N3O4S. The molecular weight excluding hydrogens is 605 g/mol. The fourth-order valence-electron chi connectivity index (χ4n) is 4.78. The summed E-state index contributed by atoms with van der Waals surface area (Å²) in [5.41, 5.74) is 1.82. The molecule has 3 aromatic carbocycles. The molecule has 0 saturated heterocycles. The number of nitrogens with one attached hydrogen (secondary N) is 1. The zero-order valence-electron chi connectivity index (χ0n) is 22.8. The van der Waals surface area contributed by atoms with Crippen LogP contribution in [0.2, 0.25) is 15.1 Å². The Labute approximate surface area is 256 Å². The largest absolute Gasteiger partial charge is 0.352 e. The van der Waals surface area contributed by atoms with Crippen molar-refractivity contribution < 1.29 is 18.0 Å². The number of rotatable bonds is 10. The van der Waals surface area contributed by atoms with Crippen molar-refractivity contribution in [1.29, 1.82) is 0 Å². The second-order valence-electron chi connectivity index (χ2n) is 10.2. The van der Waals surface area contributed by atoms with Crippen LogP contribution in [0.4, 0.5) is 5.69 Å². The van der Waals surface area contributed by atoms with Crippen molar-refractivity contribution in [3.8, 4) is 0 Å². The van der Waals surface area contributed by atoms with E-state index in [0.717, 1.165) is 35.6 Å². The van der Waals surface area contributed by atoms with E-state index in [2.05, 4.69) is 5.32 Å². The van der Waals surface area contributed by atoms with E-state index in [-0.39, 0.29) is 23.4 Å². The van der Waals surface area contributed by atoms with Crippen molar-refractivity contribution in [1.82, 2.24) is 10.2 Å². The van der Waals surface area contributed by atoms with E-state index in [0.29, 0.717) is 26.3 Å². The molecule has 0 radical (unpaired) electrons. The number of nitrogens with zero attached hydrogens (tertiary/aromatic N) is 2. The fraction of sp³-hybridized carbons (Fsp3) is 0.333. The SMILES string of the molecule is Cc1ccc(N(CC(=O)N(Cc2ccc(Cl)cc2Cl)[C@H](C)C(=O)NC2CCCC2)S(=O)(=O)c2ccc(Cl)cc2)cc1. The molecule has 1 N–H and O–H groups in total. The molecule has 0 unspecified atom stereocenters. The van der Waals surface area contributed by atoms with Crippen molar-refractivity contribution in [2.75, 3.05) is 10.8 Å². The van der Waals surface area contributed by atoms with Crippen molar-refractivity contribution in [2.45, 2.75) is 63.1 Å². The summed E-state index contributed by atoms with van der Waals surface area (Å²) in [6, 6.07) is 16.6. The first-order chi connectivity index (χ1) is 19.5. The highest BCUT2D eigenvalue weighted by atomic mass is 35.5. The van der Waals surface area contributed by atoms with E-state index in [4.69, 9.17) is 34.8 Å². The Balaban J connectivity index is 1.70. The summed E-state index contributed by atoms with van der Waals surface area (Å²) in [7, 11) is -4.18. The van der Waals surface area contributed by atoms with Crippen LogP contribution in [0.3, 0.4) is 0 Å². The van der Waals surface area contributed by atoms with Crippen molar-refractivity contribution >= 4 is 62.3 Å². The summed E-state index contributed by atoms with van der Waals surface area (Å²) >= 11 is 18.5. The Bertz CT molecular complexity index is 1490. The molecule has 0 bridgehead atoms. The number of halogens is 3. The first kappa shape index (κ1) is 31.2. The molecule has 11 heteroatoms. The monoisotopic (exact) mass is 635 g/mol. The number of hydrogen-bond donors (Lipinski definition) is 1. The van der Waals surface area contributed by atoms with Crippen LogP contribution in [-0.2, 0) is 26.2 Å². The van der Waals surface area contributed by atoms with Gasteiger partial charge in [-0.2, -0.15) is 0 Å². The second kappa shape index (κ2) is 13.5. The third kappa shape index (κ3) is 7.74. The van der Waals surface area contributed by atoms with Gasteiger partial charge in [-0.1, -0.05) is 71.4 Å². The van der Waals surface area contributed by atoms with E-state index in [1.807, 2.05) is 6.92 Å². The van der Waals surface area contributed by atoms with Gasteiger partial charge < -0.3 is 10.2 Å². The number of anilines is 1. The molecule has 4 rings (SSSR count). The molecule has 41 heavy (non-hydrogen) atoms. The molecule has 2 amide bonds. The van der Waals surface area contributed by atoms with Gasteiger partial charge >= 0.3 is 0 Å². The second-order valence-corrected chi connectivity index (χ2v) is 13.4. The summed E-state index contributed by atoms with van der Waals surface area (Å²) in [4.78, 5) is 28.7. The predicted molar refractivity (Wildman–Crippen MR) is 164 cm³/mol. The van der Waals surface area contributed by atoms with Gasteiger partial charge in [0, 0.05) is 27.7 Å². The van der Waals surface area contributed by atoms with Crippen molar-refractivity contribution in [3.05, 3.63) is 92.9 Å². The van der Waals surface area contributed by atoms with Crippen molar-refractivity contribution in [3.63, 3.8) is 0 Å². The minimum absolute atomic E-state index is 0.0170. The molecule has 0 spiro atoms. The van der Waals surface area contributed by atoms with E-state index < -0.39 is 28.5 Å². The highest BCUT2D eigenvalue weighted by Gasteiger charge is 2.33. The standard InChI is InChI=1S/C30H32Cl3N3O4S/c1-20-7-13-26(14-8-20)36(41(39,40)27-15-11-23(31)12-16-27)19-29(37)35(18-22-9-10-24(32)17-28(22)33)21(2)30(38)34-25-5-3-4-6-25/h7-17,21,25H,3-6,18-19H2,1-2H3,(H,34,38)/t21-/m1/s1. The summed E-state index contributed by atoms with van der Waals surface area (Å²) in [6.07, 6.45) is 3.85. The first-order valence-electron chi connectivity index (χ1n) is 13.3. The van der Waals surface area contributed by atoms with Crippen LogP contribution in [0.15, 0.2) is 71.6 Å². The molecule has 0 heterocycles.